The lowest BCUT2D eigenvalue weighted by Gasteiger charge is -2.14. The molecule has 0 unspecified atom stereocenters. The molecule has 0 aromatic rings. The van der Waals surface area contributed by atoms with E-state index in [9.17, 15) is 9.59 Å². The number of aliphatic carboxylic acids is 1. The summed E-state index contributed by atoms with van der Waals surface area (Å²) in [4.78, 5) is 23.4. The number of rotatable bonds is 15. The Labute approximate surface area is 141 Å². The van der Waals surface area contributed by atoms with Crippen molar-refractivity contribution in [2.75, 3.05) is 13.6 Å². The van der Waals surface area contributed by atoms with Crippen molar-refractivity contribution in [2.24, 2.45) is 0 Å². The second-order valence-electron chi connectivity index (χ2n) is 6.27. The number of carboxylic acids is 1. The molecule has 0 heterocycles. The smallest absolute Gasteiger partial charge is 0.323 e. The molecular weight excluding hydrogens is 290 g/mol. The normalized spacial score (nSPS) is 11.0. The molecule has 0 saturated heterocycles. The Balaban J connectivity index is 3.36. The monoisotopic (exact) mass is 325 g/mol. The molecule has 0 spiro atoms. The minimum Gasteiger partial charge on any atom is -0.480 e. The first-order valence-electron chi connectivity index (χ1n) is 9.18. The Morgan fingerprint density at radius 1 is 0.870 bits per heavy atom. The molecule has 4 heteroatoms. The van der Waals surface area contributed by atoms with Crippen LogP contribution < -0.4 is 0 Å². The lowest BCUT2D eigenvalue weighted by atomic mass is 10.1. The summed E-state index contributed by atoms with van der Waals surface area (Å²) in [5.41, 5.74) is 0. The van der Waals surface area contributed by atoms with Crippen molar-refractivity contribution in [3.05, 3.63) is 12.2 Å². The fraction of sp³-hybridized carbons (Fsp3) is 0.789. The highest BCUT2D eigenvalue weighted by Gasteiger charge is 2.10. The van der Waals surface area contributed by atoms with Crippen LogP contribution in [0.2, 0.25) is 0 Å². The van der Waals surface area contributed by atoms with Gasteiger partial charge in [-0.1, -0.05) is 57.6 Å². The number of hydrogen-bond acceptors (Lipinski definition) is 2. The van der Waals surface area contributed by atoms with Gasteiger partial charge in [0.05, 0.1) is 0 Å². The lowest BCUT2D eigenvalue weighted by molar-refractivity contribution is -0.143. The van der Waals surface area contributed by atoms with E-state index in [0.717, 1.165) is 25.7 Å². The van der Waals surface area contributed by atoms with E-state index in [-0.39, 0.29) is 12.5 Å². The number of carbonyl (C=O) groups excluding carboxylic acids is 1. The molecule has 0 fully saturated rings. The highest BCUT2D eigenvalue weighted by molar-refractivity contribution is 5.80. The number of unbranched alkanes of at least 4 members (excludes halogenated alkanes) is 9. The zero-order valence-electron chi connectivity index (χ0n) is 15.1. The minimum atomic E-state index is -0.960. The standard InChI is InChI=1S/C19H35NO3/c1-3-4-5-6-7-8-9-10-11-12-13-14-15-16-18(21)20(2)17-19(22)23/h9-10H,3-8,11-17H2,1-2H3,(H,22,23)/b10-9+. The fourth-order valence-corrected chi connectivity index (χ4v) is 2.48. The average molecular weight is 325 g/mol. The van der Waals surface area contributed by atoms with Gasteiger partial charge in [-0.2, -0.15) is 0 Å². The van der Waals surface area contributed by atoms with Crippen molar-refractivity contribution in [3.63, 3.8) is 0 Å². The molecule has 0 saturated carbocycles. The third-order valence-electron chi connectivity index (χ3n) is 3.95. The first-order chi connectivity index (χ1) is 11.1. The van der Waals surface area contributed by atoms with Crippen LogP contribution in [-0.4, -0.2) is 35.5 Å². The van der Waals surface area contributed by atoms with Crippen LogP contribution in [0.15, 0.2) is 12.2 Å². The molecule has 0 bridgehead atoms. The zero-order chi connectivity index (χ0) is 17.3. The Bertz CT molecular complexity index is 340. The van der Waals surface area contributed by atoms with Crippen LogP contribution in [0.25, 0.3) is 0 Å². The van der Waals surface area contributed by atoms with Gasteiger partial charge in [-0.3, -0.25) is 9.59 Å². The Morgan fingerprint density at radius 3 is 1.91 bits per heavy atom. The number of carbonyl (C=O) groups is 2. The lowest BCUT2D eigenvalue weighted by Crippen LogP contribution is -2.31. The highest BCUT2D eigenvalue weighted by atomic mass is 16.4. The summed E-state index contributed by atoms with van der Waals surface area (Å²) in [6.45, 7) is 2.03. The van der Waals surface area contributed by atoms with Gasteiger partial charge in [-0.05, 0) is 32.1 Å². The molecular formula is C19H35NO3. The van der Waals surface area contributed by atoms with Gasteiger partial charge in [-0.15, -0.1) is 0 Å². The predicted octanol–water partition coefficient (Wildman–Crippen LogP) is 4.79. The van der Waals surface area contributed by atoms with Gasteiger partial charge in [0.25, 0.3) is 0 Å². The number of nitrogens with zero attached hydrogens (tertiary/aromatic N) is 1. The summed E-state index contributed by atoms with van der Waals surface area (Å²) < 4.78 is 0. The van der Waals surface area contributed by atoms with Crippen molar-refractivity contribution >= 4 is 11.9 Å². The number of hydrogen-bond donors (Lipinski definition) is 1. The van der Waals surface area contributed by atoms with Gasteiger partial charge < -0.3 is 10.0 Å². The summed E-state index contributed by atoms with van der Waals surface area (Å²) in [7, 11) is 1.55. The van der Waals surface area contributed by atoms with Crippen LogP contribution in [0.4, 0.5) is 0 Å². The maximum absolute atomic E-state index is 11.6. The average Bonchev–Trinajstić information content (AvgIpc) is 2.51. The third kappa shape index (κ3) is 15.4. The molecule has 0 radical (unpaired) electrons. The number of carboxylic acid groups (broad SMARTS) is 1. The van der Waals surface area contributed by atoms with Crippen molar-refractivity contribution in [2.45, 2.75) is 84.0 Å². The molecule has 1 N–H and O–H groups in total. The van der Waals surface area contributed by atoms with Gasteiger partial charge in [-0.25, -0.2) is 0 Å². The van der Waals surface area contributed by atoms with Gasteiger partial charge in [0.2, 0.25) is 5.91 Å². The van der Waals surface area contributed by atoms with Crippen molar-refractivity contribution in [1.29, 1.82) is 0 Å². The van der Waals surface area contributed by atoms with E-state index in [4.69, 9.17) is 5.11 Å². The molecule has 4 nitrogen and oxygen atoms in total. The molecule has 0 aliphatic carbocycles. The summed E-state index contributed by atoms with van der Waals surface area (Å²) in [5.74, 6) is -1.03. The van der Waals surface area contributed by atoms with E-state index in [0.29, 0.717) is 6.42 Å². The van der Waals surface area contributed by atoms with Gasteiger partial charge >= 0.3 is 5.97 Å². The first kappa shape index (κ1) is 21.7. The Hall–Kier alpha value is -1.32. The molecule has 1 amide bonds. The van der Waals surface area contributed by atoms with Crippen LogP contribution >= 0.6 is 0 Å². The highest BCUT2D eigenvalue weighted by Crippen LogP contribution is 2.09. The number of amides is 1. The molecule has 23 heavy (non-hydrogen) atoms. The van der Waals surface area contributed by atoms with E-state index in [2.05, 4.69) is 19.1 Å². The van der Waals surface area contributed by atoms with Gasteiger partial charge in [0, 0.05) is 13.5 Å². The SMILES string of the molecule is CCCCCCC/C=C/CCCCCCC(=O)N(C)CC(=O)O. The molecule has 0 aromatic heterocycles. The third-order valence-corrected chi connectivity index (χ3v) is 3.95. The van der Waals surface area contributed by atoms with Crippen molar-refractivity contribution < 1.29 is 14.7 Å². The van der Waals surface area contributed by atoms with Crippen LogP contribution in [0.1, 0.15) is 84.0 Å². The molecule has 0 rings (SSSR count). The van der Waals surface area contributed by atoms with Crippen LogP contribution in [0.5, 0.6) is 0 Å². The predicted molar refractivity (Wildman–Crippen MR) is 95.5 cm³/mol. The van der Waals surface area contributed by atoms with E-state index < -0.39 is 5.97 Å². The summed E-state index contributed by atoms with van der Waals surface area (Å²) in [6, 6.07) is 0. The van der Waals surface area contributed by atoms with Crippen LogP contribution in [0, 0.1) is 0 Å². The summed E-state index contributed by atoms with van der Waals surface area (Å²) >= 11 is 0. The van der Waals surface area contributed by atoms with E-state index in [1.54, 1.807) is 7.05 Å². The second kappa shape index (κ2) is 15.6. The van der Waals surface area contributed by atoms with E-state index in [1.165, 1.54) is 49.8 Å². The zero-order valence-corrected chi connectivity index (χ0v) is 15.1. The summed E-state index contributed by atoms with van der Waals surface area (Å²) in [5, 5.41) is 8.62. The number of likely N-dealkylation sites (N-methyl/N-ethyl adjacent to an activating group) is 1. The fourth-order valence-electron chi connectivity index (χ4n) is 2.48. The molecule has 0 aliphatic heterocycles. The molecule has 0 aromatic carbocycles. The quantitative estimate of drug-likeness (QED) is 0.348. The van der Waals surface area contributed by atoms with E-state index >= 15 is 0 Å². The van der Waals surface area contributed by atoms with Crippen molar-refractivity contribution in [1.82, 2.24) is 4.90 Å². The minimum absolute atomic E-state index is 0.0737. The van der Waals surface area contributed by atoms with Gasteiger partial charge in [0.1, 0.15) is 6.54 Å². The maximum atomic E-state index is 11.6. The number of allylic oxidation sites excluding steroid dienone is 2. The Morgan fingerprint density at radius 2 is 1.39 bits per heavy atom. The maximum Gasteiger partial charge on any atom is 0.323 e. The summed E-state index contributed by atoms with van der Waals surface area (Å²) in [6.07, 6.45) is 18.3. The first-order valence-corrected chi connectivity index (χ1v) is 9.18. The molecule has 134 valence electrons. The molecule has 0 aliphatic rings. The second-order valence-corrected chi connectivity index (χ2v) is 6.27. The van der Waals surface area contributed by atoms with Crippen LogP contribution in [-0.2, 0) is 9.59 Å². The topological polar surface area (TPSA) is 57.6 Å². The van der Waals surface area contributed by atoms with Crippen molar-refractivity contribution in [3.8, 4) is 0 Å². The van der Waals surface area contributed by atoms with Crippen LogP contribution in [0.3, 0.4) is 0 Å². The largest absolute Gasteiger partial charge is 0.480 e. The molecule has 0 atom stereocenters. The van der Waals surface area contributed by atoms with Gasteiger partial charge in [0.15, 0.2) is 0 Å². The van der Waals surface area contributed by atoms with E-state index in [1.807, 2.05) is 0 Å². The Kier molecular flexibility index (Phi) is 14.7.